The number of hydrogen-bond donors (Lipinski definition) is 1. The van der Waals surface area contributed by atoms with E-state index in [1.54, 1.807) is 0 Å². The van der Waals surface area contributed by atoms with E-state index in [-0.39, 0.29) is 24.3 Å². The molecule has 0 spiro atoms. The van der Waals surface area contributed by atoms with Gasteiger partial charge in [0.1, 0.15) is 5.70 Å². The summed E-state index contributed by atoms with van der Waals surface area (Å²) in [5.74, 6) is -0.448. The fraction of sp³-hybridized carbons (Fsp3) is 0.333. The Kier molecular flexibility index (Phi) is 5.24. The van der Waals surface area contributed by atoms with Crippen molar-refractivity contribution in [1.29, 1.82) is 0 Å². The first-order valence-electron chi connectivity index (χ1n) is 10.1. The van der Waals surface area contributed by atoms with Crippen LogP contribution in [0.25, 0.3) is 5.57 Å². The molecular formula is C24H26N2O3. The second-order valence-corrected chi connectivity index (χ2v) is 8.02. The Morgan fingerprint density at radius 1 is 1.00 bits per heavy atom. The lowest BCUT2D eigenvalue weighted by atomic mass is 9.97. The number of anilines is 1. The second-order valence-electron chi connectivity index (χ2n) is 8.02. The topological polar surface area (TPSA) is 60.9 Å². The molecule has 2 aliphatic rings. The number of aliphatic hydroxyl groups is 1. The lowest BCUT2D eigenvalue weighted by Crippen LogP contribution is -2.40. The largest absolute Gasteiger partial charge is 0.396 e. The average Bonchev–Trinajstić information content (AvgIpc) is 2.98. The quantitative estimate of drug-likeness (QED) is 0.814. The molecule has 1 fully saturated rings. The van der Waals surface area contributed by atoms with Crippen LogP contribution in [0.3, 0.4) is 0 Å². The Balaban J connectivity index is 1.82. The van der Waals surface area contributed by atoms with Crippen LogP contribution in [0.15, 0.2) is 54.2 Å². The Morgan fingerprint density at radius 2 is 1.69 bits per heavy atom. The van der Waals surface area contributed by atoms with Crippen LogP contribution in [-0.4, -0.2) is 41.5 Å². The third-order valence-corrected chi connectivity index (χ3v) is 5.68. The molecule has 0 bridgehead atoms. The number of nitrogens with zero attached hydrogens (tertiary/aromatic N) is 2. The van der Waals surface area contributed by atoms with Crippen LogP contribution >= 0.6 is 0 Å². The highest BCUT2D eigenvalue weighted by molar-refractivity contribution is 6.45. The number of piperidine rings is 1. The predicted octanol–water partition coefficient (Wildman–Crippen LogP) is 3.29. The van der Waals surface area contributed by atoms with E-state index in [9.17, 15) is 14.7 Å². The minimum Gasteiger partial charge on any atom is -0.396 e. The summed E-state index contributed by atoms with van der Waals surface area (Å²) >= 11 is 0. The molecule has 0 saturated carbocycles. The molecule has 0 aliphatic carbocycles. The third-order valence-electron chi connectivity index (χ3n) is 5.68. The summed E-state index contributed by atoms with van der Waals surface area (Å²) in [5.41, 5.74) is 4.28. The van der Waals surface area contributed by atoms with Gasteiger partial charge in [0.25, 0.3) is 11.8 Å². The maximum absolute atomic E-state index is 13.6. The zero-order chi connectivity index (χ0) is 20.5. The van der Waals surface area contributed by atoms with Gasteiger partial charge in [-0.2, -0.15) is 0 Å². The van der Waals surface area contributed by atoms with Crippen molar-refractivity contribution in [3.63, 3.8) is 0 Å². The van der Waals surface area contributed by atoms with Crippen molar-refractivity contribution in [2.24, 2.45) is 5.92 Å². The van der Waals surface area contributed by atoms with E-state index >= 15 is 0 Å². The molecule has 29 heavy (non-hydrogen) atoms. The van der Waals surface area contributed by atoms with E-state index in [0.29, 0.717) is 30.0 Å². The van der Waals surface area contributed by atoms with Gasteiger partial charge in [-0.3, -0.25) is 9.59 Å². The maximum Gasteiger partial charge on any atom is 0.282 e. The van der Waals surface area contributed by atoms with Crippen molar-refractivity contribution in [2.75, 3.05) is 24.6 Å². The summed E-state index contributed by atoms with van der Waals surface area (Å²) in [6.07, 6.45) is 1.83. The van der Waals surface area contributed by atoms with Gasteiger partial charge in [0.15, 0.2) is 0 Å². The molecule has 1 saturated heterocycles. The number of aryl methyl sites for hydroxylation is 2. The van der Waals surface area contributed by atoms with E-state index in [1.165, 1.54) is 4.90 Å². The molecule has 2 amide bonds. The molecular weight excluding hydrogens is 364 g/mol. The molecule has 1 N–H and O–H groups in total. The maximum atomic E-state index is 13.6. The van der Waals surface area contributed by atoms with E-state index in [4.69, 9.17) is 0 Å². The van der Waals surface area contributed by atoms with Crippen LogP contribution in [0, 0.1) is 19.8 Å². The first-order chi connectivity index (χ1) is 14.0. The van der Waals surface area contributed by atoms with Gasteiger partial charge in [0, 0.05) is 19.7 Å². The summed E-state index contributed by atoms with van der Waals surface area (Å²) < 4.78 is 0. The van der Waals surface area contributed by atoms with Crippen molar-refractivity contribution < 1.29 is 14.7 Å². The van der Waals surface area contributed by atoms with Gasteiger partial charge >= 0.3 is 0 Å². The van der Waals surface area contributed by atoms with E-state index in [1.807, 2.05) is 67.3 Å². The molecule has 0 radical (unpaired) electrons. The van der Waals surface area contributed by atoms with Gasteiger partial charge in [-0.05, 0) is 61.4 Å². The van der Waals surface area contributed by atoms with E-state index in [0.717, 1.165) is 29.5 Å². The Hall–Kier alpha value is -2.92. The summed E-state index contributed by atoms with van der Waals surface area (Å²) in [6.45, 7) is 5.31. The van der Waals surface area contributed by atoms with Gasteiger partial charge in [-0.1, -0.05) is 36.4 Å². The number of likely N-dealkylation sites (tertiary alicyclic amines) is 1. The van der Waals surface area contributed by atoms with Crippen LogP contribution in [0.4, 0.5) is 5.69 Å². The van der Waals surface area contributed by atoms with Gasteiger partial charge < -0.3 is 10.0 Å². The number of aliphatic hydroxyl groups excluding tert-OH is 1. The summed E-state index contributed by atoms with van der Waals surface area (Å²) in [5, 5.41) is 9.64. The molecule has 2 aliphatic heterocycles. The van der Waals surface area contributed by atoms with E-state index < -0.39 is 0 Å². The lowest BCUT2D eigenvalue weighted by Gasteiger charge is -2.34. The first kappa shape index (κ1) is 19.4. The molecule has 1 atom stereocenters. The third kappa shape index (κ3) is 3.58. The Bertz CT molecular complexity index is 961. The average molecular weight is 390 g/mol. The van der Waals surface area contributed by atoms with Gasteiger partial charge in [0.05, 0.1) is 11.3 Å². The number of carbonyl (C=O) groups excluding carboxylic acids is 2. The van der Waals surface area contributed by atoms with Crippen LogP contribution < -0.4 is 4.90 Å². The first-order valence-corrected chi connectivity index (χ1v) is 10.1. The highest BCUT2D eigenvalue weighted by atomic mass is 16.3. The molecule has 2 heterocycles. The number of rotatable bonds is 4. The molecule has 5 heteroatoms. The summed E-state index contributed by atoms with van der Waals surface area (Å²) in [6, 6.07) is 15.2. The number of imide groups is 1. The van der Waals surface area contributed by atoms with Gasteiger partial charge in [0.2, 0.25) is 0 Å². The van der Waals surface area contributed by atoms with E-state index in [2.05, 4.69) is 0 Å². The van der Waals surface area contributed by atoms with Crippen LogP contribution in [-0.2, 0) is 9.59 Å². The normalized spacial score (nSPS) is 20.0. The standard InChI is InChI=1S/C24H26N2O3/c1-16-11-17(2)13-20(12-16)26-23(28)21(19-8-4-3-5-9-19)22(24(26)29)25-10-6-7-18(14-25)15-27/h3-5,8-9,11-13,18,27H,6-7,10,14-15H2,1-2H3. The van der Waals surface area contributed by atoms with Crippen LogP contribution in [0.1, 0.15) is 29.5 Å². The second kappa shape index (κ2) is 7.84. The molecule has 4 rings (SSSR count). The number of hydrogen-bond acceptors (Lipinski definition) is 4. The van der Waals surface area contributed by atoms with Crippen molar-refractivity contribution in [2.45, 2.75) is 26.7 Å². The molecule has 150 valence electrons. The molecule has 2 aromatic rings. The Labute approximate surface area is 171 Å². The highest BCUT2D eigenvalue weighted by Crippen LogP contribution is 2.36. The van der Waals surface area contributed by atoms with Crippen molar-refractivity contribution in [1.82, 2.24) is 4.90 Å². The minimum atomic E-state index is -0.285. The van der Waals surface area contributed by atoms with Crippen molar-refractivity contribution in [3.8, 4) is 0 Å². The molecule has 0 aromatic heterocycles. The Morgan fingerprint density at radius 3 is 2.34 bits per heavy atom. The van der Waals surface area contributed by atoms with Gasteiger partial charge in [-0.25, -0.2) is 4.90 Å². The summed E-state index contributed by atoms with van der Waals surface area (Å²) in [4.78, 5) is 30.4. The lowest BCUT2D eigenvalue weighted by molar-refractivity contribution is -0.120. The van der Waals surface area contributed by atoms with Crippen LogP contribution in [0.2, 0.25) is 0 Å². The molecule has 2 aromatic carbocycles. The van der Waals surface area contributed by atoms with Gasteiger partial charge in [-0.15, -0.1) is 0 Å². The highest BCUT2D eigenvalue weighted by Gasteiger charge is 2.43. The van der Waals surface area contributed by atoms with Crippen molar-refractivity contribution in [3.05, 3.63) is 70.9 Å². The predicted molar refractivity (Wildman–Crippen MR) is 113 cm³/mol. The number of carbonyl (C=O) groups is 2. The fourth-order valence-corrected chi connectivity index (χ4v) is 4.41. The number of benzene rings is 2. The van der Waals surface area contributed by atoms with Crippen molar-refractivity contribution >= 4 is 23.1 Å². The SMILES string of the molecule is Cc1cc(C)cc(N2C(=O)C(c3ccccc3)=C(N3CCCC(CO)C3)C2=O)c1. The monoisotopic (exact) mass is 390 g/mol. The fourth-order valence-electron chi connectivity index (χ4n) is 4.41. The number of amides is 2. The minimum absolute atomic E-state index is 0.0907. The molecule has 1 unspecified atom stereocenters. The smallest absolute Gasteiger partial charge is 0.282 e. The molecule has 5 nitrogen and oxygen atoms in total. The zero-order valence-electron chi connectivity index (χ0n) is 16.9. The van der Waals surface area contributed by atoms with Crippen LogP contribution in [0.5, 0.6) is 0 Å². The zero-order valence-corrected chi connectivity index (χ0v) is 16.9. The summed E-state index contributed by atoms with van der Waals surface area (Å²) in [7, 11) is 0.